The van der Waals surface area contributed by atoms with Crippen LogP contribution < -0.4 is 4.80 Å². The average Bonchev–Trinajstić information content (AvgIpc) is 2.76. The predicted octanol–water partition coefficient (Wildman–Crippen LogP) is 0.0941. The Morgan fingerprint density at radius 2 is 2.21 bits per heavy atom. The van der Waals surface area contributed by atoms with Crippen molar-refractivity contribution in [2.75, 3.05) is 5.88 Å². The maximum atomic E-state index is 11.0. The van der Waals surface area contributed by atoms with Crippen molar-refractivity contribution in [3.8, 4) is 0 Å². The summed E-state index contributed by atoms with van der Waals surface area (Å²) in [6.45, 7) is 1.08. The number of nitrogens with zero attached hydrogens (tertiary/aromatic N) is 2. The summed E-state index contributed by atoms with van der Waals surface area (Å²) in [6, 6.07) is 0. The molecule has 1 amide bonds. The second-order valence-electron chi connectivity index (χ2n) is 3.05. The van der Waals surface area contributed by atoms with E-state index in [1.54, 1.807) is 0 Å². The van der Waals surface area contributed by atoms with E-state index in [1.807, 2.05) is 0 Å². The molecule has 1 rings (SSSR count). The molecule has 0 bridgehead atoms. The molecule has 0 saturated carbocycles. The number of alkyl halides is 1. The van der Waals surface area contributed by atoms with Crippen LogP contribution in [0.1, 0.15) is 12.6 Å². The summed E-state index contributed by atoms with van der Waals surface area (Å²) in [5.74, 6) is -3.00. The van der Waals surface area contributed by atoms with Gasteiger partial charge in [-0.05, 0) is 0 Å². The van der Waals surface area contributed by atoms with Gasteiger partial charge in [0.2, 0.25) is 5.71 Å². The first-order valence-electron chi connectivity index (χ1n) is 4.74. The number of oxime groups is 1. The number of aromatic nitrogens is 1. The Morgan fingerprint density at radius 3 is 2.74 bits per heavy atom. The maximum absolute atomic E-state index is 11.0. The molecular weight excluding hydrogens is 298 g/mol. The number of aromatic amines is 1. The Balaban J connectivity index is 3.09. The topological polar surface area (TPSA) is 121 Å². The van der Waals surface area contributed by atoms with Gasteiger partial charge in [-0.1, -0.05) is 5.16 Å². The van der Waals surface area contributed by atoms with Crippen LogP contribution in [0.4, 0.5) is 0 Å². The van der Waals surface area contributed by atoms with Gasteiger partial charge in [0.15, 0.2) is 4.80 Å². The molecule has 0 aliphatic carbocycles. The normalized spacial score (nSPS) is 12.3. The van der Waals surface area contributed by atoms with Crippen LogP contribution in [0.3, 0.4) is 0 Å². The Labute approximate surface area is 115 Å². The molecule has 10 heteroatoms. The molecule has 102 valence electrons. The van der Waals surface area contributed by atoms with E-state index in [0.717, 1.165) is 18.3 Å². The number of rotatable bonds is 4. The van der Waals surface area contributed by atoms with E-state index in [2.05, 4.69) is 20.0 Å². The molecule has 0 radical (unpaired) electrons. The standard InChI is InChI=1S/C9H8ClN3O5S/c1-4(14)18-13-7(8(16)17)5-3-19-9(11-5)12-6(15)2-10/h3H,2H2,1H3,(H,16,17)(H,11,12,15)/b13-7-. The predicted molar refractivity (Wildman–Crippen MR) is 65.9 cm³/mol. The van der Waals surface area contributed by atoms with E-state index in [1.165, 1.54) is 5.38 Å². The third-order valence-corrected chi connectivity index (χ3v) is 2.59. The number of aliphatic carboxylic acids is 1. The molecule has 1 heterocycles. The fourth-order valence-corrected chi connectivity index (χ4v) is 1.70. The van der Waals surface area contributed by atoms with Crippen molar-refractivity contribution in [2.24, 2.45) is 10.1 Å². The summed E-state index contributed by atoms with van der Waals surface area (Å²) in [5, 5.41) is 13.5. The number of carboxylic acids is 1. The molecule has 0 unspecified atom stereocenters. The Kier molecular flexibility index (Phi) is 5.39. The Hall–Kier alpha value is -2.00. The number of carbonyl (C=O) groups is 3. The largest absolute Gasteiger partial charge is 0.476 e. The first kappa shape index (κ1) is 15.1. The number of H-pyrrole nitrogens is 1. The summed E-state index contributed by atoms with van der Waals surface area (Å²) in [4.78, 5) is 43.1. The van der Waals surface area contributed by atoms with E-state index < -0.39 is 23.6 Å². The molecule has 0 atom stereocenters. The lowest BCUT2D eigenvalue weighted by Gasteiger charge is -1.96. The molecule has 1 aromatic heterocycles. The monoisotopic (exact) mass is 305 g/mol. The minimum Gasteiger partial charge on any atom is -0.476 e. The Morgan fingerprint density at radius 1 is 1.53 bits per heavy atom. The number of nitrogens with one attached hydrogen (secondary N) is 1. The Bertz CT molecular complexity index is 603. The van der Waals surface area contributed by atoms with E-state index in [4.69, 9.17) is 16.7 Å². The second-order valence-corrected chi connectivity index (χ2v) is 4.17. The van der Waals surface area contributed by atoms with Crippen molar-refractivity contribution in [1.29, 1.82) is 0 Å². The fourth-order valence-electron chi connectivity index (χ4n) is 0.915. The zero-order chi connectivity index (χ0) is 14.4. The van der Waals surface area contributed by atoms with Gasteiger partial charge in [0.1, 0.15) is 5.88 Å². The lowest BCUT2D eigenvalue weighted by Crippen LogP contribution is -2.18. The molecule has 0 saturated heterocycles. The summed E-state index contributed by atoms with van der Waals surface area (Å²) < 4.78 is 0. The van der Waals surface area contributed by atoms with Crippen LogP contribution in [-0.2, 0) is 19.2 Å². The van der Waals surface area contributed by atoms with Gasteiger partial charge in [0.25, 0.3) is 5.91 Å². The van der Waals surface area contributed by atoms with Crippen molar-refractivity contribution in [1.82, 2.24) is 4.98 Å². The van der Waals surface area contributed by atoms with Gasteiger partial charge in [-0.3, -0.25) is 4.79 Å². The second kappa shape index (κ2) is 6.81. The van der Waals surface area contributed by atoms with E-state index >= 15 is 0 Å². The van der Waals surface area contributed by atoms with Gasteiger partial charge in [-0.15, -0.1) is 22.9 Å². The lowest BCUT2D eigenvalue weighted by molar-refractivity contribution is -0.141. The van der Waals surface area contributed by atoms with Gasteiger partial charge < -0.3 is 14.9 Å². The maximum Gasteiger partial charge on any atom is 0.360 e. The third-order valence-electron chi connectivity index (χ3n) is 1.59. The third kappa shape index (κ3) is 4.64. The molecular formula is C9H8ClN3O5S. The van der Waals surface area contributed by atoms with E-state index in [-0.39, 0.29) is 16.4 Å². The number of hydrogen-bond acceptors (Lipinski definition) is 6. The van der Waals surface area contributed by atoms with Crippen LogP contribution in [-0.4, -0.2) is 39.5 Å². The zero-order valence-electron chi connectivity index (χ0n) is 9.55. The molecule has 8 nitrogen and oxygen atoms in total. The first-order valence-corrected chi connectivity index (χ1v) is 6.16. The molecule has 0 fully saturated rings. The zero-order valence-corrected chi connectivity index (χ0v) is 11.1. The highest BCUT2D eigenvalue weighted by atomic mass is 35.5. The summed E-state index contributed by atoms with van der Waals surface area (Å²) >= 11 is 6.27. The fraction of sp³-hybridized carbons (Fsp3) is 0.222. The van der Waals surface area contributed by atoms with Crippen LogP contribution >= 0.6 is 22.9 Å². The van der Waals surface area contributed by atoms with Crippen molar-refractivity contribution in [3.63, 3.8) is 0 Å². The summed E-state index contributed by atoms with van der Waals surface area (Å²) in [5.41, 5.74) is -0.453. The van der Waals surface area contributed by atoms with Gasteiger partial charge in [-0.2, -0.15) is 4.99 Å². The highest BCUT2D eigenvalue weighted by Gasteiger charge is 2.16. The van der Waals surface area contributed by atoms with Crippen LogP contribution in [0.5, 0.6) is 0 Å². The van der Waals surface area contributed by atoms with Crippen molar-refractivity contribution >= 4 is 46.5 Å². The average molecular weight is 306 g/mol. The van der Waals surface area contributed by atoms with Crippen molar-refractivity contribution in [2.45, 2.75) is 6.92 Å². The number of carbonyl (C=O) groups excluding carboxylic acids is 2. The SMILES string of the molecule is CC(=O)O/N=C(\C(=O)O)c1cs/c(=N/C(=O)CCl)[nH]1. The quantitative estimate of drug-likeness (QED) is 0.353. The number of thiazole rings is 1. The summed E-state index contributed by atoms with van der Waals surface area (Å²) in [6.07, 6.45) is 0. The molecule has 0 aliphatic rings. The van der Waals surface area contributed by atoms with Crippen LogP contribution in [0, 0.1) is 0 Å². The van der Waals surface area contributed by atoms with E-state index in [9.17, 15) is 14.4 Å². The van der Waals surface area contributed by atoms with Gasteiger partial charge >= 0.3 is 11.9 Å². The lowest BCUT2D eigenvalue weighted by atomic mass is 10.3. The van der Waals surface area contributed by atoms with Crippen LogP contribution in [0.2, 0.25) is 0 Å². The number of halogens is 1. The summed E-state index contributed by atoms with van der Waals surface area (Å²) in [7, 11) is 0. The highest BCUT2D eigenvalue weighted by molar-refractivity contribution is 7.07. The molecule has 19 heavy (non-hydrogen) atoms. The molecule has 0 aromatic carbocycles. The van der Waals surface area contributed by atoms with Gasteiger partial charge in [-0.25, -0.2) is 9.59 Å². The number of hydrogen-bond donors (Lipinski definition) is 2. The molecule has 0 spiro atoms. The van der Waals surface area contributed by atoms with Crippen molar-refractivity contribution in [3.05, 3.63) is 15.9 Å². The highest BCUT2D eigenvalue weighted by Crippen LogP contribution is 2.01. The minimum atomic E-state index is -1.40. The first-order chi connectivity index (χ1) is 8.93. The number of amides is 1. The van der Waals surface area contributed by atoms with E-state index in [0.29, 0.717) is 0 Å². The molecule has 1 aromatic rings. The smallest absolute Gasteiger partial charge is 0.360 e. The van der Waals surface area contributed by atoms with Crippen molar-refractivity contribution < 1.29 is 24.3 Å². The number of carboxylic acid groups (broad SMARTS) is 1. The van der Waals surface area contributed by atoms with Gasteiger partial charge in [0, 0.05) is 12.3 Å². The van der Waals surface area contributed by atoms with Crippen LogP contribution in [0.15, 0.2) is 15.5 Å². The molecule has 0 aliphatic heterocycles. The van der Waals surface area contributed by atoms with Gasteiger partial charge in [0.05, 0.1) is 5.69 Å². The van der Waals surface area contributed by atoms with Crippen LogP contribution in [0.25, 0.3) is 0 Å². The molecule has 2 N–H and O–H groups in total. The minimum absolute atomic E-state index is 0.0554.